The topological polar surface area (TPSA) is 65.1 Å². The fraction of sp³-hybridized carbons (Fsp3) is 0.471. The highest BCUT2D eigenvalue weighted by Gasteiger charge is 2.14. The minimum atomic E-state index is -0.162. The van der Waals surface area contributed by atoms with Crippen molar-refractivity contribution in [3.63, 3.8) is 0 Å². The number of amides is 1. The highest BCUT2D eigenvalue weighted by Crippen LogP contribution is 2.20. The molecule has 114 valence electrons. The Kier molecular flexibility index (Phi) is 5.02. The van der Waals surface area contributed by atoms with E-state index in [-0.39, 0.29) is 18.6 Å². The van der Waals surface area contributed by atoms with Gasteiger partial charge in [-0.15, -0.1) is 0 Å². The summed E-state index contributed by atoms with van der Waals surface area (Å²) in [5, 5.41) is 13.3. The highest BCUT2D eigenvalue weighted by atomic mass is 16.3. The average molecular weight is 288 g/mol. The van der Waals surface area contributed by atoms with E-state index in [1.54, 1.807) is 0 Å². The Balaban J connectivity index is 2.04. The number of carbonyl (C=O) groups is 1. The van der Waals surface area contributed by atoms with Gasteiger partial charge in [0.2, 0.25) is 5.91 Å². The van der Waals surface area contributed by atoms with Crippen molar-refractivity contribution < 1.29 is 9.90 Å². The van der Waals surface area contributed by atoms with Crippen LogP contribution in [0, 0.1) is 12.8 Å². The molecule has 0 aliphatic rings. The van der Waals surface area contributed by atoms with Gasteiger partial charge in [0.1, 0.15) is 0 Å². The molecular formula is C17H24N2O2. The first-order valence-electron chi connectivity index (χ1n) is 7.46. The van der Waals surface area contributed by atoms with Gasteiger partial charge in [0.05, 0.1) is 19.1 Å². The van der Waals surface area contributed by atoms with Gasteiger partial charge in [-0.1, -0.05) is 26.0 Å². The van der Waals surface area contributed by atoms with Crippen molar-refractivity contribution >= 4 is 16.8 Å². The molecule has 4 heteroatoms. The Morgan fingerprint density at radius 2 is 2.14 bits per heavy atom. The van der Waals surface area contributed by atoms with Crippen LogP contribution in [0.1, 0.15) is 31.4 Å². The second-order valence-corrected chi connectivity index (χ2v) is 6.12. The van der Waals surface area contributed by atoms with E-state index in [1.165, 1.54) is 5.56 Å². The van der Waals surface area contributed by atoms with Crippen LogP contribution >= 0.6 is 0 Å². The summed E-state index contributed by atoms with van der Waals surface area (Å²) in [7, 11) is 0. The highest BCUT2D eigenvalue weighted by molar-refractivity contribution is 5.89. The quantitative estimate of drug-likeness (QED) is 0.765. The maximum absolute atomic E-state index is 12.1. The van der Waals surface area contributed by atoms with Gasteiger partial charge in [-0.05, 0) is 36.5 Å². The van der Waals surface area contributed by atoms with Crippen LogP contribution in [0.4, 0.5) is 0 Å². The third-order valence-electron chi connectivity index (χ3n) is 3.62. The van der Waals surface area contributed by atoms with Crippen LogP contribution in [0.2, 0.25) is 0 Å². The number of aryl methyl sites for hydroxylation is 1. The molecule has 1 atom stereocenters. The van der Waals surface area contributed by atoms with Gasteiger partial charge < -0.3 is 15.4 Å². The summed E-state index contributed by atoms with van der Waals surface area (Å²) in [4.78, 5) is 15.3. The Morgan fingerprint density at radius 1 is 1.38 bits per heavy atom. The largest absolute Gasteiger partial charge is 0.394 e. The van der Waals surface area contributed by atoms with Crippen molar-refractivity contribution in [2.75, 3.05) is 6.61 Å². The number of aliphatic hydroxyl groups is 1. The fourth-order valence-corrected chi connectivity index (χ4v) is 2.65. The summed E-state index contributed by atoms with van der Waals surface area (Å²) in [5.74, 6) is 0.398. The second-order valence-electron chi connectivity index (χ2n) is 6.12. The maximum atomic E-state index is 12.1. The van der Waals surface area contributed by atoms with Gasteiger partial charge in [0, 0.05) is 17.1 Å². The molecule has 0 saturated carbocycles. The smallest absolute Gasteiger partial charge is 0.224 e. The molecule has 1 unspecified atom stereocenters. The van der Waals surface area contributed by atoms with Crippen LogP contribution in [0.5, 0.6) is 0 Å². The van der Waals surface area contributed by atoms with Crippen LogP contribution in [0.3, 0.4) is 0 Å². The van der Waals surface area contributed by atoms with E-state index in [0.717, 1.165) is 22.9 Å². The lowest BCUT2D eigenvalue weighted by atomic mass is 10.0. The predicted octanol–water partition coefficient (Wildman–Crippen LogP) is 2.54. The third kappa shape index (κ3) is 4.08. The van der Waals surface area contributed by atoms with Crippen molar-refractivity contribution in [3.05, 3.63) is 35.5 Å². The number of aromatic nitrogens is 1. The number of hydrogen-bond acceptors (Lipinski definition) is 2. The Labute approximate surface area is 125 Å². The van der Waals surface area contributed by atoms with E-state index in [0.29, 0.717) is 12.3 Å². The first-order valence-corrected chi connectivity index (χ1v) is 7.46. The van der Waals surface area contributed by atoms with Gasteiger partial charge in [0.15, 0.2) is 0 Å². The number of aliphatic hydroxyl groups excluding tert-OH is 1. The molecule has 0 saturated heterocycles. The number of hydrogen-bond donors (Lipinski definition) is 3. The third-order valence-corrected chi connectivity index (χ3v) is 3.62. The Morgan fingerprint density at radius 3 is 2.81 bits per heavy atom. The van der Waals surface area contributed by atoms with E-state index in [1.807, 2.05) is 25.3 Å². The van der Waals surface area contributed by atoms with Crippen molar-refractivity contribution in [1.82, 2.24) is 10.3 Å². The number of rotatable bonds is 6. The molecule has 2 aromatic rings. The number of carbonyl (C=O) groups excluding carboxylic acids is 1. The van der Waals surface area contributed by atoms with E-state index < -0.39 is 0 Å². The van der Waals surface area contributed by atoms with E-state index in [4.69, 9.17) is 0 Å². The van der Waals surface area contributed by atoms with Gasteiger partial charge in [0.25, 0.3) is 0 Å². The fourth-order valence-electron chi connectivity index (χ4n) is 2.65. The number of aromatic amines is 1. The molecule has 1 heterocycles. The standard InChI is InChI=1S/C17H24N2O2/c1-11(2)6-14(10-20)19-17(21)8-13-9-18-16-7-12(3)4-5-15(13)16/h4-5,7,9,11,14,18,20H,6,8,10H2,1-3H3,(H,19,21). The van der Waals surface area contributed by atoms with Crippen molar-refractivity contribution in [2.24, 2.45) is 5.92 Å². The molecule has 1 amide bonds. The SMILES string of the molecule is Cc1ccc2c(CC(=O)NC(CO)CC(C)C)c[nH]c2c1. The summed E-state index contributed by atoms with van der Waals surface area (Å²) in [5.41, 5.74) is 3.24. The van der Waals surface area contributed by atoms with E-state index >= 15 is 0 Å². The zero-order chi connectivity index (χ0) is 15.4. The molecule has 0 bridgehead atoms. The zero-order valence-electron chi connectivity index (χ0n) is 12.9. The van der Waals surface area contributed by atoms with E-state index in [2.05, 4.69) is 30.2 Å². The minimum Gasteiger partial charge on any atom is -0.394 e. The lowest BCUT2D eigenvalue weighted by Crippen LogP contribution is -2.39. The molecule has 1 aromatic carbocycles. The summed E-state index contributed by atoms with van der Waals surface area (Å²) in [6, 6.07) is 6.00. The molecule has 0 fully saturated rings. The zero-order valence-corrected chi connectivity index (χ0v) is 12.9. The van der Waals surface area contributed by atoms with Crippen LogP contribution in [-0.2, 0) is 11.2 Å². The van der Waals surface area contributed by atoms with Crippen molar-refractivity contribution in [1.29, 1.82) is 0 Å². The second kappa shape index (κ2) is 6.76. The number of nitrogens with one attached hydrogen (secondary N) is 2. The first-order chi connectivity index (χ1) is 9.99. The molecule has 4 nitrogen and oxygen atoms in total. The average Bonchev–Trinajstić information content (AvgIpc) is 2.79. The Hall–Kier alpha value is -1.81. The van der Waals surface area contributed by atoms with Crippen LogP contribution in [0.15, 0.2) is 24.4 Å². The van der Waals surface area contributed by atoms with Gasteiger partial charge in [-0.2, -0.15) is 0 Å². The molecule has 3 N–H and O–H groups in total. The number of fused-ring (bicyclic) bond motifs is 1. The molecule has 21 heavy (non-hydrogen) atoms. The molecular weight excluding hydrogens is 264 g/mol. The molecule has 2 rings (SSSR count). The van der Waals surface area contributed by atoms with Gasteiger partial charge in [-0.3, -0.25) is 4.79 Å². The molecule has 1 aromatic heterocycles. The van der Waals surface area contributed by atoms with Crippen LogP contribution in [-0.4, -0.2) is 28.6 Å². The Bertz CT molecular complexity index is 616. The van der Waals surface area contributed by atoms with Crippen molar-refractivity contribution in [3.8, 4) is 0 Å². The van der Waals surface area contributed by atoms with E-state index in [9.17, 15) is 9.90 Å². The van der Waals surface area contributed by atoms with Crippen molar-refractivity contribution in [2.45, 2.75) is 39.7 Å². The maximum Gasteiger partial charge on any atom is 0.224 e. The van der Waals surface area contributed by atoms with Crippen LogP contribution < -0.4 is 5.32 Å². The molecule has 0 aliphatic heterocycles. The van der Waals surface area contributed by atoms with Gasteiger partial charge in [-0.25, -0.2) is 0 Å². The summed E-state index contributed by atoms with van der Waals surface area (Å²) in [6.45, 7) is 6.19. The summed E-state index contributed by atoms with van der Waals surface area (Å²) < 4.78 is 0. The lowest BCUT2D eigenvalue weighted by molar-refractivity contribution is -0.121. The summed E-state index contributed by atoms with van der Waals surface area (Å²) >= 11 is 0. The normalized spacial score (nSPS) is 12.8. The van der Waals surface area contributed by atoms with Crippen LogP contribution in [0.25, 0.3) is 10.9 Å². The predicted molar refractivity (Wildman–Crippen MR) is 85.2 cm³/mol. The summed E-state index contributed by atoms with van der Waals surface area (Å²) in [6.07, 6.45) is 3.01. The lowest BCUT2D eigenvalue weighted by Gasteiger charge is -2.18. The molecule has 0 spiro atoms. The van der Waals surface area contributed by atoms with Gasteiger partial charge >= 0.3 is 0 Å². The monoisotopic (exact) mass is 288 g/mol. The molecule has 0 radical (unpaired) electrons. The number of benzene rings is 1. The first kappa shape index (κ1) is 15.6. The minimum absolute atomic E-state index is 0.0169. The number of H-pyrrole nitrogens is 1. The molecule has 0 aliphatic carbocycles.